The number of carbonyl (C=O) groups is 1. The summed E-state index contributed by atoms with van der Waals surface area (Å²) in [4.78, 5) is 11.0. The SMILES string of the molecule is CC(=O)N(/N=C/c1ccccc1)C(=N)N. The molecule has 0 saturated carbocycles. The van der Waals surface area contributed by atoms with Gasteiger partial charge >= 0.3 is 0 Å². The van der Waals surface area contributed by atoms with Crippen LogP contribution in [0.4, 0.5) is 0 Å². The summed E-state index contributed by atoms with van der Waals surface area (Å²) >= 11 is 0. The lowest BCUT2D eigenvalue weighted by Crippen LogP contribution is -2.35. The third-order valence-electron chi connectivity index (χ3n) is 1.65. The lowest BCUT2D eigenvalue weighted by Gasteiger charge is -2.10. The number of rotatable bonds is 2. The zero-order chi connectivity index (χ0) is 11.3. The molecule has 0 radical (unpaired) electrons. The van der Waals surface area contributed by atoms with Crippen molar-refractivity contribution >= 4 is 18.1 Å². The Morgan fingerprint density at radius 3 is 2.53 bits per heavy atom. The van der Waals surface area contributed by atoms with Gasteiger partial charge < -0.3 is 5.73 Å². The average Bonchev–Trinajstić information content (AvgIpc) is 2.18. The Morgan fingerprint density at radius 2 is 2.07 bits per heavy atom. The van der Waals surface area contributed by atoms with Gasteiger partial charge in [-0.3, -0.25) is 10.2 Å². The molecule has 0 heterocycles. The number of hydrogen-bond donors (Lipinski definition) is 2. The van der Waals surface area contributed by atoms with Gasteiger partial charge in [-0.25, -0.2) is 0 Å². The predicted octanol–water partition coefficient (Wildman–Crippen LogP) is 0.762. The predicted molar refractivity (Wildman–Crippen MR) is 58.5 cm³/mol. The van der Waals surface area contributed by atoms with Crippen LogP contribution in [0.5, 0.6) is 0 Å². The van der Waals surface area contributed by atoms with Gasteiger partial charge in [0, 0.05) is 6.92 Å². The van der Waals surface area contributed by atoms with Crippen molar-refractivity contribution in [2.24, 2.45) is 10.8 Å². The third kappa shape index (κ3) is 3.22. The number of hydrogen-bond acceptors (Lipinski definition) is 3. The maximum atomic E-state index is 11.0. The summed E-state index contributed by atoms with van der Waals surface area (Å²) in [6.45, 7) is 1.30. The van der Waals surface area contributed by atoms with Crippen LogP contribution in [-0.2, 0) is 4.79 Å². The molecule has 5 heteroatoms. The second-order valence-corrected chi connectivity index (χ2v) is 2.87. The summed E-state index contributed by atoms with van der Waals surface area (Å²) in [6, 6.07) is 9.26. The normalized spacial score (nSPS) is 10.2. The Kier molecular flexibility index (Phi) is 3.56. The molecule has 0 saturated heterocycles. The van der Waals surface area contributed by atoms with Crippen molar-refractivity contribution in [1.29, 1.82) is 5.41 Å². The highest BCUT2D eigenvalue weighted by atomic mass is 16.2. The van der Waals surface area contributed by atoms with Crippen LogP contribution in [-0.4, -0.2) is 23.1 Å². The molecule has 0 aliphatic heterocycles. The molecule has 0 aliphatic rings. The molecule has 5 nitrogen and oxygen atoms in total. The van der Waals surface area contributed by atoms with Crippen molar-refractivity contribution in [3.8, 4) is 0 Å². The van der Waals surface area contributed by atoms with Crippen LogP contribution in [0.1, 0.15) is 12.5 Å². The Morgan fingerprint density at radius 1 is 1.47 bits per heavy atom. The van der Waals surface area contributed by atoms with Gasteiger partial charge in [0.05, 0.1) is 6.21 Å². The van der Waals surface area contributed by atoms with Crippen molar-refractivity contribution in [2.45, 2.75) is 6.92 Å². The van der Waals surface area contributed by atoms with E-state index >= 15 is 0 Å². The number of nitrogens with two attached hydrogens (primary N) is 1. The first-order valence-electron chi connectivity index (χ1n) is 4.35. The third-order valence-corrected chi connectivity index (χ3v) is 1.65. The largest absolute Gasteiger partial charge is 0.368 e. The number of guanidine groups is 1. The van der Waals surface area contributed by atoms with Gasteiger partial charge in [0.25, 0.3) is 0 Å². The summed E-state index contributed by atoms with van der Waals surface area (Å²) in [5.74, 6) is -0.788. The van der Waals surface area contributed by atoms with E-state index in [1.54, 1.807) is 0 Å². The van der Waals surface area contributed by atoms with Crippen LogP contribution in [0.15, 0.2) is 35.4 Å². The molecule has 0 unspecified atom stereocenters. The summed E-state index contributed by atoms with van der Waals surface area (Å²) in [5, 5.41) is 11.7. The molecule has 0 atom stereocenters. The molecule has 0 aliphatic carbocycles. The Balaban J connectivity index is 2.79. The first-order valence-corrected chi connectivity index (χ1v) is 4.35. The fraction of sp³-hybridized carbons (Fsp3) is 0.100. The maximum absolute atomic E-state index is 11.0. The molecule has 15 heavy (non-hydrogen) atoms. The van der Waals surface area contributed by atoms with E-state index in [2.05, 4.69) is 5.10 Å². The summed E-state index contributed by atoms with van der Waals surface area (Å²) in [5.41, 5.74) is 6.01. The van der Waals surface area contributed by atoms with Crippen LogP contribution in [0.2, 0.25) is 0 Å². The van der Waals surface area contributed by atoms with E-state index in [0.717, 1.165) is 10.6 Å². The molecule has 0 aromatic heterocycles. The number of benzene rings is 1. The lowest BCUT2D eigenvalue weighted by molar-refractivity contribution is -0.125. The van der Waals surface area contributed by atoms with Gasteiger partial charge in [0.15, 0.2) is 0 Å². The van der Waals surface area contributed by atoms with Crippen LogP contribution in [0.3, 0.4) is 0 Å². The minimum absolute atomic E-state index is 0.394. The highest BCUT2D eigenvalue weighted by Gasteiger charge is 2.08. The topological polar surface area (TPSA) is 82.5 Å². The monoisotopic (exact) mass is 204 g/mol. The molecule has 0 bridgehead atoms. The Bertz CT molecular complexity index is 372. The Hall–Kier alpha value is -2.17. The van der Waals surface area contributed by atoms with Crippen LogP contribution in [0.25, 0.3) is 0 Å². The zero-order valence-electron chi connectivity index (χ0n) is 8.34. The summed E-state index contributed by atoms with van der Waals surface area (Å²) in [7, 11) is 0. The van der Waals surface area contributed by atoms with E-state index in [9.17, 15) is 4.79 Å². The van der Waals surface area contributed by atoms with Crippen molar-refractivity contribution in [3.05, 3.63) is 35.9 Å². The smallest absolute Gasteiger partial charge is 0.246 e. The number of hydrazone groups is 1. The number of nitrogens with zero attached hydrogens (tertiary/aromatic N) is 2. The molecule has 0 spiro atoms. The molecule has 1 rings (SSSR count). The first kappa shape index (κ1) is 10.9. The molecule has 0 fully saturated rings. The van der Waals surface area contributed by atoms with E-state index < -0.39 is 11.9 Å². The molecule has 1 aromatic rings. The van der Waals surface area contributed by atoms with Crippen molar-refractivity contribution in [2.75, 3.05) is 0 Å². The van der Waals surface area contributed by atoms with Gasteiger partial charge in [-0.15, -0.1) is 0 Å². The van der Waals surface area contributed by atoms with E-state index in [0.29, 0.717) is 0 Å². The fourth-order valence-corrected chi connectivity index (χ4v) is 0.977. The summed E-state index contributed by atoms with van der Waals surface area (Å²) in [6.07, 6.45) is 1.48. The first-order chi connectivity index (χ1) is 7.11. The Labute approximate surface area is 87.7 Å². The van der Waals surface area contributed by atoms with Crippen LogP contribution < -0.4 is 5.73 Å². The van der Waals surface area contributed by atoms with E-state index in [4.69, 9.17) is 11.1 Å². The zero-order valence-corrected chi connectivity index (χ0v) is 8.34. The average molecular weight is 204 g/mol. The van der Waals surface area contributed by atoms with Gasteiger partial charge in [-0.2, -0.15) is 10.1 Å². The van der Waals surface area contributed by atoms with E-state index in [1.807, 2.05) is 30.3 Å². The quantitative estimate of drug-likeness (QED) is 0.423. The van der Waals surface area contributed by atoms with E-state index in [1.165, 1.54) is 13.1 Å². The molecular weight excluding hydrogens is 192 g/mol. The van der Waals surface area contributed by atoms with Crippen molar-refractivity contribution < 1.29 is 4.79 Å². The van der Waals surface area contributed by atoms with Gasteiger partial charge in [-0.05, 0) is 5.56 Å². The maximum Gasteiger partial charge on any atom is 0.246 e. The lowest BCUT2D eigenvalue weighted by atomic mass is 10.2. The van der Waals surface area contributed by atoms with Crippen molar-refractivity contribution in [3.63, 3.8) is 0 Å². The molecule has 78 valence electrons. The van der Waals surface area contributed by atoms with Gasteiger partial charge in [0.2, 0.25) is 11.9 Å². The second-order valence-electron chi connectivity index (χ2n) is 2.87. The van der Waals surface area contributed by atoms with Gasteiger partial charge in [0.1, 0.15) is 0 Å². The minimum atomic E-state index is -0.394. The van der Waals surface area contributed by atoms with Crippen LogP contribution in [0, 0.1) is 5.41 Å². The van der Waals surface area contributed by atoms with E-state index in [-0.39, 0.29) is 0 Å². The van der Waals surface area contributed by atoms with Crippen molar-refractivity contribution in [1.82, 2.24) is 5.01 Å². The number of amides is 1. The fourth-order valence-electron chi connectivity index (χ4n) is 0.977. The minimum Gasteiger partial charge on any atom is -0.368 e. The number of carbonyl (C=O) groups excluding carboxylic acids is 1. The molecular formula is C10H12N4O. The standard InChI is InChI=1S/C10H12N4O/c1-8(15)14(10(11)12)13-7-9-5-3-2-4-6-9/h2-7H,1H3,(H3,11,12)/b13-7+. The molecule has 3 N–H and O–H groups in total. The highest BCUT2D eigenvalue weighted by molar-refractivity contribution is 5.94. The summed E-state index contributed by atoms with van der Waals surface area (Å²) < 4.78 is 0. The van der Waals surface area contributed by atoms with Gasteiger partial charge in [-0.1, -0.05) is 30.3 Å². The second kappa shape index (κ2) is 4.90. The van der Waals surface area contributed by atoms with Crippen LogP contribution >= 0.6 is 0 Å². The number of nitrogens with one attached hydrogen (secondary N) is 1. The molecule has 1 amide bonds. The highest BCUT2D eigenvalue weighted by Crippen LogP contribution is 1.96. The molecule has 1 aromatic carbocycles.